The highest BCUT2D eigenvalue weighted by molar-refractivity contribution is 9.10. The van der Waals surface area contributed by atoms with Gasteiger partial charge in [-0.3, -0.25) is 9.48 Å². The Kier molecular flexibility index (Phi) is 4.10. The molecule has 3 rings (SSSR count). The number of nitrogens with one attached hydrogen (secondary N) is 1. The molecule has 0 saturated heterocycles. The average molecular weight is 356 g/mol. The third kappa shape index (κ3) is 2.52. The first kappa shape index (κ1) is 15.0. The van der Waals surface area contributed by atoms with Gasteiger partial charge in [0.25, 0.3) is 0 Å². The van der Waals surface area contributed by atoms with Crippen molar-refractivity contribution in [3.8, 4) is 0 Å². The van der Waals surface area contributed by atoms with E-state index in [4.69, 9.17) is 0 Å². The molecule has 2 N–H and O–H groups in total. The quantitative estimate of drug-likeness (QED) is 0.850. The van der Waals surface area contributed by atoms with Crippen LogP contribution in [0.3, 0.4) is 0 Å². The maximum Gasteiger partial charge on any atom is 0.308 e. The molecule has 2 fully saturated rings. The first-order valence-corrected chi connectivity index (χ1v) is 8.48. The third-order valence-corrected chi connectivity index (χ3v) is 6.13. The van der Waals surface area contributed by atoms with E-state index in [1.165, 1.54) is 6.42 Å². The first-order chi connectivity index (χ1) is 10.0. The number of aromatic nitrogens is 2. The van der Waals surface area contributed by atoms with Crippen LogP contribution >= 0.6 is 15.9 Å². The van der Waals surface area contributed by atoms with Crippen LogP contribution in [0.25, 0.3) is 0 Å². The van der Waals surface area contributed by atoms with E-state index in [0.29, 0.717) is 18.4 Å². The number of nitrogens with zero attached hydrogens (tertiary/aromatic N) is 2. The topological polar surface area (TPSA) is 67.2 Å². The van der Waals surface area contributed by atoms with Gasteiger partial charge in [-0.05, 0) is 53.4 Å². The summed E-state index contributed by atoms with van der Waals surface area (Å²) in [7, 11) is 1.94. The minimum absolute atomic E-state index is 0.105. The molecular weight excluding hydrogens is 334 g/mol. The molecule has 0 spiro atoms. The van der Waals surface area contributed by atoms with Gasteiger partial charge in [-0.25, -0.2) is 0 Å². The smallest absolute Gasteiger partial charge is 0.308 e. The van der Waals surface area contributed by atoms with E-state index >= 15 is 0 Å². The Morgan fingerprint density at radius 1 is 1.48 bits per heavy atom. The third-order valence-electron chi connectivity index (χ3n) is 5.21. The number of carbonyl (C=O) groups is 1. The number of rotatable bonds is 5. The first-order valence-electron chi connectivity index (χ1n) is 7.69. The molecule has 1 heterocycles. The van der Waals surface area contributed by atoms with Crippen LogP contribution in [0, 0.1) is 17.8 Å². The second kappa shape index (κ2) is 5.72. The van der Waals surface area contributed by atoms with Crippen LogP contribution in [0.5, 0.6) is 0 Å². The van der Waals surface area contributed by atoms with Crippen molar-refractivity contribution >= 4 is 21.9 Å². The SMILES string of the molecule is CCc1nn(C)c(CNC2C3CCC(C3)C2C(=O)O)c1Br. The second-order valence-corrected chi connectivity index (χ2v) is 7.08. The summed E-state index contributed by atoms with van der Waals surface area (Å²) in [5, 5.41) is 17.5. The zero-order valence-electron chi connectivity index (χ0n) is 12.5. The van der Waals surface area contributed by atoms with Crippen molar-refractivity contribution in [2.75, 3.05) is 0 Å². The lowest BCUT2D eigenvalue weighted by molar-refractivity contribution is -0.144. The summed E-state index contributed by atoms with van der Waals surface area (Å²) in [5.74, 6) is 0.0272. The van der Waals surface area contributed by atoms with Gasteiger partial charge in [0.15, 0.2) is 0 Å². The molecule has 6 heteroatoms. The molecule has 1 aromatic heterocycles. The molecule has 2 aliphatic rings. The number of fused-ring (bicyclic) bond motifs is 2. The summed E-state index contributed by atoms with van der Waals surface area (Å²) in [6.45, 7) is 2.75. The fourth-order valence-electron chi connectivity index (χ4n) is 4.17. The normalized spacial score (nSPS) is 31.0. The predicted octanol–water partition coefficient (Wildman–Crippen LogP) is 2.33. The van der Waals surface area contributed by atoms with Gasteiger partial charge in [0.2, 0.25) is 0 Å². The molecule has 1 aromatic rings. The van der Waals surface area contributed by atoms with Gasteiger partial charge in [0, 0.05) is 19.6 Å². The molecule has 0 radical (unpaired) electrons. The van der Waals surface area contributed by atoms with E-state index in [1.54, 1.807) is 0 Å². The zero-order valence-corrected chi connectivity index (χ0v) is 14.1. The maximum absolute atomic E-state index is 11.5. The van der Waals surface area contributed by atoms with Gasteiger partial charge in [-0.2, -0.15) is 5.10 Å². The van der Waals surface area contributed by atoms with Gasteiger partial charge in [-0.15, -0.1) is 0 Å². The molecule has 116 valence electrons. The van der Waals surface area contributed by atoms with Crippen molar-refractivity contribution in [1.82, 2.24) is 15.1 Å². The van der Waals surface area contributed by atoms with Crippen LogP contribution in [0.1, 0.15) is 37.6 Å². The fourth-order valence-corrected chi connectivity index (χ4v) is 4.92. The number of aryl methyl sites for hydroxylation is 2. The van der Waals surface area contributed by atoms with Crippen LogP contribution in [0.4, 0.5) is 0 Å². The summed E-state index contributed by atoms with van der Waals surface area (Å²) >= 11 is 3.62. The van der Waals surface area contributed by atoms with Crippen LogP contribution in [0.2, 0.25) is 0 Å². The lowest BCUT2D eigenvalue weighted by Crippen LogP contribution is -2.44. The molecule has 0 aromatic carbocycles. The summed E-state index contributed by atoms with van der Waals surface area (Å²) in [4.78, 5) is 11.5. The monoisotopic (exact) mass is 355 g/mol. The molecule has 2 aliphatic carbocycles. The highest BCUT2D eigenvalue weighted by Crippen LogP contribution is 2.48. The Morgan fingerprint density at radius 2 is 2.19 bits per heavy atom. The Hall–Kier alpha value is -0.880. The van der Waals surface area contributed by atoms with Crippen molar-refractivity contribution in [2.45, 2.75) is 45.2 Å². The Morgan fingerprint density at radius 3 is 2.81 bits per heavy atom. The van der Waals surface area contributed by atoms with E-state index in [1.807, 2.05) is 11.7 Å². The number of carboxylic acids is 1. The van der Waals surface area contributed by atoms with Gasteiger partial charge < -0.3 is 10.4 Å². The fraction of sp³-hybridized carbons (Fsp3) is 0.733. The molecule has 5 nitrogen and oxygen atoms in total. The Labute approximate surface area is 133 Å². The molecule has 0 aliphatic heterocycles. The molecule has 4 atom stereocenters. The largest absolute Gasteiger partial charge is 0.481 e. The number of hydrogen-bond donors (Lipinski definition) is 2. The Bertz CT molecular complexity index is 557. The van der Waals surface area contributed by atoms with Gasteiger partial charge in [0.05, 0.1) is 21.8 Å². The van der Waals surface area contributed by atoms with Crippen molar-refractivity contribution in [2.24, 2.45) is 24.8 Å². The number of carboxylic acid groups (broad SMARTS) is 1. The maximum atomic E-state index is 11.5. The highest BCUT2D eigenvalue weighted by Gasteiger charge is 2.50. The minimum atomic E-state index is -0.641. The van der Waals surface area contributed by atoms with Crippen LogP contribution < -0.4 is 5.32 Å². The lowest BCUT2D eigenvalue weighted by atomic mass is 9.84. The summed E-state index contributed by atoms with van der Waals surface area (Å²) in [6, 6.07) is 0.105. The second-order valence-electron chi connectivity index (χ2n) is 6.29. The van der Waals surface area contributed by atoms with Gasteiger partial charge >= 0.3 is 5.97 Å². The van der Waals surface area contributed by atoms with Crippen LogP contribution in [0.15, 0.2) is 4.47 Å². The van der Waals surface area contributed by atoms with Gasteiger partial charge in [-0.1, -0.05) is 6.92 Å². The molecular formula is C15H22BrN3O2. The van der Waals surface area contributed by atoms with Crippen LogP contribution in [-0.2, 0) is 24.8 Å². The Balaban J connectivity index is 1.73. The molecule has 2 saturated carbocycles. The summed E-state index contributed by atoms with van der Waals surface area (Å²) in [5.41, 5.74) is 2.15. The molecule has 2 bridgehead atoms. The van der Waals surface area contributed by atoms with E-state index in [-0.39, 0.29) is 12.0 Å². The van der Waals surface area contributed by atoms with Gasteiger partial charge in [0.1, 0.15) is 0 Å². The minimum Gasteiger partial charge on any atom is -0.481 e. The van der Waals surface area contributed by atoms with Crippen molar-refractivity contribution < 1.29 is 9.90 Å². The molecule has 4 unspecified atom stereocenters. The molecule has 0 amide bonds. The lowest BCUT2D eigenvalue weighted by Gasteiger charge is -2.29. The number of halogens is 1. The summed E-state index contributed by atoms with van der Waals surface area (Å²) in [6.07, 6.45) is 4.20. The van der Waals surface area contributed by atoms with E-state index in [0.717, 1.165) is 35.1 Å². The summed E-state index contributed by atoms with van der Waals surface area (Å²) < 4.78 is 2.94. The molecule has 21 heavy (non-hydrogen) atoms. The van der Waals surface area contributed by atoms with Crippen molar-refractivity contribution in [1.29, 1.82) is 0 Å². The highest BCUT2D eigenvalue weighted by atomic mass is 79.9. The van der Waals surface area contributed by atoms with E-state index in [9.17, 15) is 9.90 Å². The standard InChI is InChI=1S/C15H22BrN3O2/c1-3-10-13(16)11(19(2)18-10)7-17-14-9-5-4-8(6-9)12(14)15(20)21/h8-9,12,14,17H,3-7H2,1-2H3,(H,20,21). The van der Waals surface area contributed by atoms with Crippen molar-refractivity contribution in [3.63, 3.8) is 0 Å². The predicted molar refractivity (Wildman–Crippen MR) is 82.9 cm³/mol. The number of hydrogen-bond acceptors (Lipinski definition) is 3. The number of aliphatic carboxylic acids is 1. The zero-order chi connectivity index (χ0) is 15.1. The van der Waals surface area contributed by atoms with E-state index in [2.05, 4.69) is 33.3 Å². The van der Waals surface area contributed by atoms with Crippen molar-refractivity contribution in [3.05, 3.63) is 15.9 Å². The average Bonchev–Trinajstić information content (AvgIpc) is 3.11. The van der Waals surface area contributed by atoms with E-state index < -0.39 is 5.97 Å². The van der Waals surface area contributed by atoms with Crippen LogP contribution in [-0.4, -0.2) is 26.9 Å².